The van der Waals surface area contributed by atoms with Gasteiger partial charge < -0.3 is 15.8 Å². The summed E-state index contributed by atoms with van der Waals surface area (Å²) in [4.78, 5) is 0. The Balaban J connectivity index is 2.12. The third-order valence-corrected chi connectivity index (χ3v) is 2.51. The number of ether oxygens (including phenoxy) is 1. The summed E-state index contributed by atoms with van der Waals surface area (Å²) in [5.41, 5.74) is 5.48. The predicted octanol–water partition coefficient (Wildman–Crippen LogP) is 0.838. The summed E-state index contributed by atoms with van der Waals surface area (Å²) in [7, 11) is 0. The lowest BCUT2D eigenvalue weighted by atomic mass is 10.1. The van der Waals surface area contributed by atoms with E-state index in [1.165, 1.54) is 0 Å². The molecule has 0 aromatic carbocycles. The molecule has 3 heteroatoms. The molecule has 0 radical (unpaired) electrons. The molecule has 1 saturated heterocycles. The van der Waals surface area contributed by atoms with Gasteiger partial charge >= 0.3 is 0 Å². The molecular weight excluding hydrogens is 152 g/mol. The Bertz CT molecular complexity index is 164. The van der Waals surface area contributed by atoms with Crippen LogP contribution in [0.25, 0.3) is 0 Å². The standard InChI is InChI=1S/C9H20N2O/c1-7-9(4,11-7)5-6-12-8(2,3)10/h7,11H,5-6,10H2,1-4H3. The van der Waals surface area contributed by atoms with Crippen molar-refractivity contribution in [3.8, 4) is 0 Å². The Kier molecular flexibility index (Phi) is 2.47. The van der Waals surface area contributed by atoms with E-state index in [0.717, 1.165) is 13.0 Å². The molecule has 0 bridgehead atoms. The van der Waals surface area contributed by atoms with Gasteiger partial charge in [-0.2, -0.15) is 0 Å². The summed E-state index contributed by atoms with van der Waals surface area (Å²) in [6.45, 7) is 8.88. The lowest BCUT2D eigenvalue weighted by molar-refractivity contribution is -0.0163. The molecule has 1 rings (SSSR count). The number of nitrogens with two attached hydrogens (primary N) is 1. The largest absolute Gasteiger partial charge is 0.361 e. The van der Waals surface area contributed by atoms with E-state index in [0.29, 0.717) is 11.6 Å². The molecule has 1 aliphatic heterocycles. The first-order valence-electron chi connectivity index (χ1n) is 4.54. The maximum Gasteiger partial charge on any atom is 0.111 e. The van der Waals surface area contributed by atoms with E-state index in [4.69, 9.17) is 10.5 Å². The average molecular weight is 172 g/mol. The molecule has 72 valence electrons. The highest BCUT2D eigenvalue weighted by molar-refractivity contribution is 5.08. The molecule has 1 fully saturated rings. The maximum absolute atomic E-state index is 5.68. The lowest BCUT2D eigenvalue weighted by Gasteiger charge is -2.20. The zero-order chi connectivity index (χ0) is 9.41. The van der Waals surface area contributed by atoms with Gasteiger partial charge in [-0.25, -0.2) is 0 Å². The number of hydrogen-bond donors (Lipinski definition) is 2. The summed E-state index contributed by atoms with van der Waals surface area (Å²) in [6.07, 6.45) is 1.04. The number of rotatable bonds is 4. The van der Waals surface area contributed by atoms with Crippen molar-refractivity contribution in [2.75, 3.05) is 6.61 Å². The predicted molar refractivity (Wildman–Crippen MR) is 49.8 cm³/mol. The zero-order valence-corrected chi connectivity index (χ0v) is 8.48. The fourth-order valence-electron chi connectivity index (χ4n) is 1.27. The highest BCUT2D eigenvalue weighted by Crippen LogP contribution is 2.29. The van der Waals surface area contributed by atoms with Crippen molar-refractivity contribution in [3.63, 3.8) is 0 Å². The average Bonchev–Trinajstić information content (AvgIpc) is 2.36. The minimum atomic E-state index is -0.492. The molecule has 0 aromatic heterocycles. The van der Waals surface area contributed by atoms with Crippen molar-refractivity contribution in [3.05, 3.63) is 0 Å². The van der Waals surface area contributed by atoms with E-state index in [-0.39, 0.29) is 0 Å². The summed E-state index contributed by atoms with van der Waals surface area (Å²) in [5, 5.41) is 3.37. The van der Waals surface area contributed by atoms with Gasteiger partial charge in [0.15, 0.2) is 0 Å². The molecule has 1 heterocycles. The van der Waals surface area contributed by atoms with Gasteiger partial charge in [0.25, 0.3) is 0 Å². The molecular formula is C9H20N2O. The number of nitrogens with one attached hydrogen (secondary N) is 1. The first kappa shape index (κ1) is 9.96. The van der Waals surface area contributed by atoms with Crippen LogP contribution in [0.4, 0.5) is 0 Å². The molecule has 2 unspecified atom stereocenters. The molecule has 12 heavy (non-hydrogen) atoms. The number of hydrogen-bond acceptors (Lipinski definition) is 3. The van der Waals surface area contributed by atoms with Crippen molar-refractivity contribution >= 4 is 0 Å². The van der Waals surface area contributed by atoms with Crippen LogP contribution in [-0.4, -0.2) is 23.9 Å². The second kappa shape index (κ2) is 2.98. The van der Waals surface area contributed by atoms with Gasteiger partial charge in [0.2, 0.25) is 0 Å². The molecule has 0 saturated carbocycles. The SMILES string of the molecule is CC1NC1(C)CCOC(C)(C)N. The first-order chi connectivity index (χ1) is 5.33. The highest BCUT2D eigenvalue weighted by atomic mass is 16.5. The van der Waals surface area contributed by atoms with Crippen molar-refractivity contribution in [1.29, 1.82) is 0 Å². The van der Waals surface area contributed by atoms with Crippen LogP contribution in [-0.2, 0) is 4.74 Å². The summed E-state index contributed by atoms with van der Waals surface area (Å²) < 4.78 is 5.43. The summed E-state index contributed by atoms with van der Waals surface area (Å²) in [5.74, 6) is 0. The van der Waals surface area contributed by atoms with Crippen LogP contribution in [0, 0.1) is 0 Å². The Labute approximate surface area is 74.7 Å². The van der Waals surface area contributed by atoms with Crippen molar-refractivity contribution in [2.45, 2.75) is 51.4 Å². The third-order valence-electron chi connectivity index (χ3n) is 2.51. The van der Waals surface area contributed by atoms with Gasteiger partial charge in [-0.3, -0.25) is 0 Å². The molecule has 1 aliphatic rings. The van der Waals surface area contributed by atoms with Crippen LogP contribution in [0.3, 0.4) is 0 Å². The maximum atomic E-state index is 5.68. The van der Waals surface area contributed by atoms with E-state index in [1.807, 2.05) is 13.8 Å². The van der Waals surface area contributed by atoms with Crippen LogP contribution in [0.2, 0.25) is 0 Å². The van der Waals surface area contributed by atoms with Crippen LogP contribution in [0.15, 0.2) is 0 Å². The lowest BCUT2D eigenvalue weighted by Crippen LogP contribution is -2.36. The third kappa shape index (κ3) is 2.73. The second-order valence-corrected chi connectivity index (χ2v) is 4.49. The van der Waals surface area contributed by atoms with Gasteiger partial charge in [0.05, 0.1) is 6.61 Å². The Hall–Kier alpha value is -0.120. The van der Waals surface area contributed by atoms with E-state index in [9.17, 15) is 0 Å². The van der Waals surface area contributed by atoms with Gasteiger partial charge in [0.1, 0.15) is 5.72 Å². The quantitative estimate of drug-likeness (QED) is 0.488. The molecule has 2 atom stereocenters. The summed E-state index contributed by atoms with van der Waals surface area (Å²) >= 11 is 0. The van der Waals surface area contributed by atoms with E-state index >= 15 is 0 Å². The van der Waals surface area contributed by atoms with Crippen LogP contribution in [0.1, 0.15) is 34.1 Å². The van der Waals surface area contributed by atoms with Gasteiger partial charge in [-0.15, -0.1) is 0 Å². The van der Waals surface area contributed by atoms with Crippen LogP contribution in [0.5, 0.6) is 0 Å². The normalized spacial score (nSPS) is 35.2. The molecule has 0 spiro atoms. The molecule has 3 nitrogen and oxygen atoms in total. The molecule has 0 amide bonds. The second-order valence-electron chi connectivity index (χ2n) is 4.49. The topological polar surface area (TPSA) is 57.2 Å². The van der Waals surface area contributed by atoms with E-state index in [2.05, 4.69) is 19.2 Å². The Morgan fingerprint density at radius 3 is 2.42 bits per heavy atom. The van der Waals surface area contributed by atoms with Gasteiger partial charge in [-0.1, -0.05) is 0 Å². The molecule has 0 aliphatic carbocycles. The monoisotopic (exact) mass is 172 g/mol. The Morgan fingerprint density at radius 2 is 2.08 bits per heavy atom. The zero-order valence-electron chi connectivity index (χ0n) is 8.48. The minimum Gasteiger partial charge on any atom is -0.361 e. The highest BCUT2D eigenvalue weighted by Gasteiger charge is 2.45. The fraction of sp³-hybridized carbons (Fsp3) is 1.00. The fourth-order valence-corrected chi connectivity index (χ4v) is 1.27. The van der Waals surface area contributed by atoms with Crippen LogP contribution >= 0.6 is 0 Å². The first-order valence-corrected chi connectivity index (χ1v) is 4.54. The van der Waals surface area contributed by atoms with Gasteiger partial charge in [0, 0.05) is 11.6 Å². The smallest absolute Gasteiger partial charge is 0.111 e. The van der Waals surface area contributed by atoms with Crippen molar-refractivity contribution in [2.24, 2.45) is 5.73 Å². The van der Waals surface area contributed by atoms with Crippen LogP contribution < -0.4 is 11.1 Å². The van der Waals surface area contributed by atoms with Crippen molar-refractivity contribution in [1.82, 2.24) is 5.32 Å². The van der Waals surface area contributed by atoms with E-state index < -0.39 is 5.72 Å². The van der Waals surface area contributed by atoms with Crippen molar-refractivity contribution < 1.29 is 4.74 Å². The molecule has 3 N–H and O–H groups in total. The van der Waals surface area contributed by atoms with E-state index in [1.54, 1.807) is 0 Å². The molecule has 0 aromatic rings. The Morgan fingerprint density at radius 1 is 1.58 bits per heavy atom. The summed E-state index contributed by atoms with van der Waals surface area (Å²) in [6, 6.07) is 0.627. The minimum absolute atomic E-state index is 0.297. The van der Waals surface area contributed by atoms with Gasteiger partial charge in [-0.05, 0) is 34.1 Å².